The minimum absolute atomic E-state index is 0.105. The topological polar surface area (TPSA) is 90.7 Å². The van der Waals surface area contributed by atoms with Gasteiger partial charge in [-0.3, -0.25) is 14.9 Å². The molecule has 21 heavy (non-hydrogen) atoms. The molecule has 7 nitrogen and oxygen atoms in total. The second kappa shape index (κ2) is 8.43. The number of carbonyl (C=O) groups is 1. The Bertz CT molecular complexity index is 509. The molecule has 0 bridgehead atoms. The molecule has 1 aromatic rings. The molecule has 1 rings (SSSR count). The van der Waals surface area contributed by atoms with Gasteiger partial charge >= 0.3 is 5.97 Å². The third-order valence-electron chi connectivity index (χ3n) is 2.71. The number of esters is 1. The number of hydrogen-bond donors (Lipinski definition) is 1. The largest absolute Gasteiger partial charge is 0.492 e. The zero-order chi connectivity index (χ0) is 15.8. The number of nitrogens with zero attached hydrogens (tertiary/aromatic N) is 1. The number of benzene rings is 1. The van der Waals surface area contributed by atoms with Crippen LogP contribution >= 0.6 is 11.6 Å². The standard InChI is InChI=1S/C13H17ClN2O5/c1-3-20-13(17)11(15-2)6-7-21-12-5-4-9(16(18)19)8-10(12)14/h4-5,8,11,15H,3,6-7H2,1-2H3. The third-order valence-corrected chi connectivity index (χ3v) is 3.01. The number of likely N-dealkylation sites (N-methyl/N-ethyl adjacent to an activating group) is 1. The molecular formula is C13H17ClN2O5. The lowest BCUT2D eigenvalue weighted by Crippen LogP contribution is -2.36. The molecule has 0 aliphatic heterocycles. The highest BCUT2D eigenvalue weighted by atomic mass is 35.5. The fourth-order valence-corrected chi connectivity index (χ4v) is 1.86. The molecule has 0 amide bonds. The Morgan fingerprint density at radius 2 is 2.24 bits per heavy atom. The first-order valence-electron chi connectivity index (χ1n) is 6.40. The highest BCUT2D eigenvalue weighted by Gasteiger charge is 2.18. The van der Waals surface area contributed by atoms with Crippen LogP contribution in [-0.2, 0) is 9.53 Å². The van der Waals surface area contributed by atoms with Crippen LogP contribution < -0.4 is 10.1 Å². The number of halogens is 1. The van der Waals surface area contributed by atoms with E-state index in [4.69, 9.17) is 21.1 Å². The summed E-state index contributed by atoms with van der Waals surface area (Å²) in [6.07, 6.45) is 0.392. The van der Waals surface area contributed by atoms with Crippen LogP contribution in [0.1, 0.15) is 13.3 Å². The van der Waals surface area contributed by atoms with E-state index in [2.05, 4.69) is 5.32 Å². The van der Waals surface area contributed by atoms with Gasteiger partial charge in [-0.05, 0) is 20.0 Å². The normalized spacial score (nSPS) is 11.8. The van der Waals surface area contributed by atoms with Crippen molar-refractivity contribution in [3.63, 3.8) is 0 Å². The van der Waals surface area contributed by atoms with Gasteiger partial charge in [-0.15, -0.1) is 0 Å². The molecule has 1 aromatic carbocycles. The zero-order valence-corrected chi connectivity index (χ0v) is 12.6. The fraction of sp³-hybridized carbons (Fsp3) is 0.462. The van der Waals surface area contributed by atoms with Gasteiger partial charge in [0, 0.05) is 18.6 Å². The molecule has 0 heterocycles. The summed E-state index contributed by atoms with van der Waals surface area (Å²) in [7, 11) is 1.65. The van der Waals surface area contributed by atoms with E-state index in [1.807, 2.05) is 0 Å². The lowest BCUT2D eigenvalue weighted by atomic mass is 10.2. The molecule has 1 unspecified atom stereocenters. The predicted molar refractivity (Wildman–Crippen MR) is 77.7 cm³/mol. The first kappa shape index (κ1) is 17.2. The molecule has 0 aliphatic rings. The number of nitro benzene ring substituents is 1. The van der Waals surface area contributed by atoms with Gasteiger partial charge in [0.2, 0.25) is 0 Å². The van der Waals surface area contributed by atoms with E-state index < -0.39 is 11.0 Å². The van der Waals surface area contributed by atoms with Crippen LogP contribution in [-0.4, -0.2) is 37.2 Å². The van der Waals surface area contributed by atoms with Crippen molar-refractivity contribution < 1.29 is 19.2 Å². The summed E-state index contributed by atoms with van der Waals surface area (Å²) < 4.78 is 10.3. The number of hydrogen-bond acceptors (Lipinski definition) is 6. The molecule has 0 saturated carbocycles. The fourth-order valence-electron chi connectivity index (χ4n) is 1.63. The maximum absolute atomic E-state index is 11.6. The Morgan fingerprint density at radius 1 is 1.52 bits per heavy atom. The molecule has 1 N–H and O–H groups in total. The molecule has 0 radical (unpaired) electrons. The first-order valence-corrected chi connectivity index (χ1v) is 6.78. The highest BCUT2D eigenvalue weighted by Crippen LogP contribution is 2.28. The van der Waals surface area contributed by atoms with E-state index >= 15 is 0 Å². The molecule has 0 aliphatic carbocycles. The van der Waals surface area contributed by atoms with Crippen molar-refractivity contribution in [2.24, 2.45) is 0 Å². The van der Waals surface area contributed by atoms with Gasteiger partial charge < -0.3 is 14.8 Å². The summed E-state index contributed by atoms with van der Waals surface area (Å²) >= 11 is 5.90. The van der Waals surface area contributed by atoms with E-state index in [9.17, 15) is 14.9 Å². The maximum atomic E-state index is 11.6. The molecule has 8 heteroatoms. The average Bonchev–Trinajstić information content (AvgIpc) is 2.45. The maximum Gasteiger partial charge on any atom is 0.323 e. The zero-order valence-electron chi connectivity index (χ0n) is 11.8. The van der Waals surface area contributed by atoms with E-state index in [0.717, 1.165) is 0 Å². The summed E-state index contributed by atoms with van der Waals surface area (Å²) in [6, 6.07) is 3.49. The van der Waals surface area contributed by atoms with Crippen molar-refractivity contribution in [3.05, 3.63) is 33.3 Å². The van der Waals surface area contributed by atoms with Gasteiger partial charge in [0.1, 0.15) is 11.8 Å². The summed E-state index contributed by atoms with van der Waals surface area (Å²) in [5.74, 6) is -0.0145. The second-order valence-electron chi connectivity index (χ2n) is 4.10. The molecule has 1 atom stereocenters. The Hall–Kier alpha value is -1.86. The van der Waals surface area contributed by atoms with Gasteiger partial charge in [-0.1, -0.05) is 11.6 Å². The second-order valence-corrected chi connectivity index (χ2v) is 4.51. The number of carbonyl (C=O) groups excluding carboxylic acids is 1. The average molecular weight is 317 g/mol. The predicted octanol–water partition coefficient (Wildman–Crippen LogP) is 2.17. The molecule has 0 spiro atoms. The molecular weight excluding hydrogens is 300 g/mol. The summed E-state index contributed by atoms with van der Waals surface area (Å²) in [5, 5.41) is 13.6. The number of rotatable bonds is 8. The highest BCUT2D eigenvalue weighted by molar-refractivity contribution is 6.32. The summed E-state index contributed by atoms with van der Waals surface area (Å²) in [4.78, 5) is 21.6. The van der Waals surface area contributed by atoms with Crippen molar-refractivity contribution in [2.45, 2.75) is 19.4 Å². The molecule has 0 aromatic heterocycles. The number of non-ortho nitro benzene ring substituents is 1. The Morgan fingerprint density at radius 3 is 2.76 bits per heavy atom. The first-order chi connectivity index (χ1) is 9.99. The van der Waals surface area contributed by atoms with Gasteiger partial charge in [-0.25, -0.2) is 0 Å². The molecule has 116 valence electrons. The van der Waals surface area contributed by atoms with Crippen molar-refractivity contribution >= 4 is 23.3 Å². The van der Waals surface area contributed by atoms with E-state index in [-0.39, 0.29) is 23.3 Å². The van der Waals surface area contributed by atoms with E-state index in [1.54, 1.807) is 14.0 Å². The Kier molecular flexibility index (Phi) is 6.90. The number of nitrogens with one attached hydrogen (secondary N) is 1. The SMILES string of the molecule is CCOC(=O)C(CCOc1ccc([N+](=O)[O-])cc1Cl)NC. The van der Waals surface area contributed by atoms with E-state index in [0.29, 0.717) is 18.8 Å². The van der Waals surface area contributed by atoms with Gasteiger partial charge in [0.05, 0.1) is 23.2 Å². The van der Waals surface area contributed by atoms with Crippen LogP contribution in [0.2, 0.25) is 5.02 Å². The number of ether oxygens (including phenoxy) is 2. The van der Waals surface area contributed by atoms with Gasteiger partial charge in [0.25, 0.3) is 5.69 Å². The van der Waals surface area contributed by atoms with E-state index in [1.165, 1.54) is 18.2 Å². The van der Waals surface area contributed by atoms with Crippen LogP contribution in [0.5, 0.6) is 5.75 Å². The minimum Gasteiger partial charge on any atom is -0.492 e. The van der Waals surface area contributed by atoms with Crippen LogP contribution in [0, 0.1) is 10.1 Å². The van der Waals surface area contributed by atoms with Crippen LogP contribution in [0.25, 0.3) is 0 Å². The lowest BCUT2D eigenvalue weighted by molar-refractivity contribution is -0.384. The van der Waals surface area contributed by atoms with Gasteiger partial charge in [-0.2, -0.15) is 0 Å². The van der Waals surface area contributed by atoms with Crippen molar-refractivity contribution in [2.75, 3.05) is 20.3 Å². The van der Waals surface area contributed by atoms with Crippen molar-refractivity contribution in [1.29, 1.82) is 0 Å². The molecule has 0 fully saturated rings. The Balaban J connectivity index is 2.55. The van der Waals surface area contributed by atoms with Crippen LogP contribution in [0.3, 0.4) is 0 Å². The molecule has 0 saturated heterocycles. The van der Waals surface area contributed by atoms with Crippen LogP contribution in [0.4, 0.5) is 5.69 Å². The summed E-state index contributed by atoms with van der Waals surface area (Å²) in [6.45, 7) is 2.27. The monoisotopic (exact) mass is 316 g/mol. The quantitative estimate of drug-likeness (QED) is 0.449. The van der Waals surface area contributed by atoms with Crippen molar-refractivity contribution in [1.82, 2.24) is 5.32 Å². The summed E-state index contributed by atoms with van der Waals surface area (Å²) in [5.41, 5.74) is -0.105. The van der Waals surface area contributed by atoms with Crippen molar-refractivity contribution in [3.8, 4) is 5.75 Å². The smallest absolute Gasteiger partial charge is 0.323 e. The lowest BCUT2D eigenvalue weighted by Gasteiger charge is -2.15. The Labute approximate surface area is 127 Å². The van der Waals surface area contributed by atoms with Gasteiger partial charge in [0.15, 0.2) is 0 Å². The minimum atomic E-state index is -0.534. The third kappa shape index (κ3) is 5.20. The number of nitro groups is 1. The van der Waals surface area contributed by atoms with Crippen LogP contribution in [0.15, 0.2) is 18.2 Å².